The molecule has 5 heteroatoms. The summed E-state index contributed by atoms with van der Waals surface area (Å²) >= 11 is 0. The number of carbonyl (C=O) groups is 1. The third kappa shape index (κ3) is 7.68. The van der Waals surface area contributed by atoms with Gasteiger partial charge in [0.1, 0.15) is 12.7 Å². The van der Waals surface area contributed by atoms with E-state index >= 15 is 0 Å². The topological polar surface area (TPSA) is 76.0 Å². The number of aliphatic hydroxyl groups excluding tert-OH is 2. The molecule has 3 aliphatic rings. The molecule has 0 heterocycles. The lowest BCUT2D eigenvalue weighted by Gasteiger charge is -2.42. The van der Waals surface area contributed by atoms with Crippen molar-refractivity contribution < 1.29 is 24.5 Å². The molecular formula is C32H50O5. The monoisotopic (exact) mass is 514 g/mol. The summed E-state index contributed by atoms with van der Waals surface area (Å²) in [6.07, 6.45) is 16.7. The third-order valence-corrected chi connectivity index (χ3v) is 8.82. The quantitative estimate of drug-likeness (QED) is 0.223. The Morgan fingerprint density at radius 1 is 1.22 bits per heavy atom. The average Bonchev–Trinajstić information content (AvgIpc) is 3.23. The molecule has 208 valence electrons. The van der Waals surface area contributed by atoms with Crippen LogP contribution in [-0.4, -0.2) is 47.2 Å². The van der Waals surface area contributed by atoms with E-state index in [1.54, 1.807) is 0 Å². The van der Waals surface area contributed by atoms with Crippen molar-refractivity contribution in [3.8, 4) is 0 Å². The molecule has 0 aliphatic heterocycles. The molecule has 37 heavy (non-hydrogen) atoms. The molecular weight excluding hydrogens is 464 g/mol. The van der Waals surface area contributed by atoms with Crippen LogP contribution in [-0.2, 0) is 14.3 Å². The molecule has 5 nitrogen and oxygen atoms in total. The van der Waals surface area contributed by atoms with Crippen molar-refractivity contribution in [2.24, 2.45) is 11.3 Å². The highest BCUT2D eigenvalue weighted by atomic mass is 16.6. The standard InChI is InChI=1S/C32H50O5/c1-6-8-12-27(13-9-7-2)37-31(35)21-36-23(4)28-16-17-29-24(11-10-18-32(28,29)5)14-15-25-19-26(33)20-30(34)22(25)3/h14-16,23,26-27,29-30,33-34H,3,6-13,17-21H2,1-2,4-5H3/b24-14+,25-15-/t23?,26-,29+,30+,32-/m1/s1. The van der Waals surface area contributed by atoms with E-state index in [4.69, 9.17) is 9.47 Å². The van der Waals surface area contributed by atoms with Gasteiger partial charge in [-0.3, -0.25) is 0 Å². The number of ether oxygens (including phenoxy) is 2. The van der Waals surface area contributed by atoms with Gasteiger partial charge in [-0.1, -0.05) is 76.8 Å². The van der Waals surface area contributed by atoms with Gasteiger partial charge in [-0.15, -0.1) is 0 Å². The first-order chi connectivity index (χ1) is 17.7. The van der Waals surface area contributed by atoms with Crippen LogP contribution in [0.3, 0.4) is 0 Å². The lowest BCUT2D eigenvalue weighted by Crippen LogP contribution is -2.35. The zero-order valence-electron chi connectivity index (χ0n) is 23.6. The van der Waals surface area contributed by atoms with Gasteiger partial charge in [0.2, 0.25) is 0 Å². The van der Waals surface area contributed by atoms with Crippen LogP contribution in [0.1, 0.15) is 105 Å². The molecule has 3 aliphatic carbocycles. The van der Waals surface area contributed by atoms with Crippen LogP contribution in [0.5, 0.6) is 0 Å². The number of hydrogen-bond acceptors (Lipinski definition) is 5. The van der Waals surface area contributed by atoms with E-state index in [0.717, 1.165) is 75.4 Å². The highest BCUT2D eigenvalue weighted by molar-refractivity contribution is 5.71. The molecule has 2 saturated carbocycles. The molecule has 1 unspecified atom stereocenters. The summed E-state index contributed by atoms with van der Waals surface area (Å²) in [5.74, 6) is 0.155. The van der Waals surface area contributed by atoms with E-state index in [2.05, 4.69) is 52.5 Å². The largest absolute Gasteiger partial charge is 0.461 e. The van der Waals surface area contributed by atoms with E-state index in [1.807, 2.05) is 0 Å². The van der Waals surface area contributed by atoms with Gasteiger partial charge >= 0.3 is 5.97 Å². The second-order valence-electron chi connectivity index (χ2n) is 11.6. The number of rotatable bonds is 12. The molecule has 0 aromatic rings. The van der Waals surface area contributed by atoms with Crippen molar-refractivity contribution in [1.82, 2.24) is 0 Å². The minimum Gasteiger partial charge on any atom is -0.461 e. The first-order valence-electron chi connectivity index (χ1n) is 14.7. The number of esters is 1. The molecule has 0 amide bonds. The number of fused-ring (bicyclic) bond motifs is 1. The minimum atomic E-state index is -0.664. The number of allylic oxidation sites excluding steroid dienone is 4. The van der Waals surface area contributed by atoms with Crippen molar-refractivity contribution in [3.05, 3.63) is 47.1 Å². The number of hydrogen-bond donors (Lipinski definition) is 2. The summed E-state index contributed by atoms with van der Waals surface area (Å²) < 4.78 is 11.9. The van der Waals surface area contributed by atoms with Gasteiger partial charge in [0.25, 0.3) is 0 Å². The number of aliphatic hydroxyl groups is 2. The van der Waals surface area contributed by atoms with Gasteiger partial charge in [-0.2, -0.15) is 0 Å². The number of unbranched alkanes of at least 4 members (excludes halogenated alkanes) is 2. The molecule has 0 aromatic carbocycles. The Morgan fingerprint density at radius 3 is 2.59 bits per heavy atom. The Hall–Kier alpha value is -1.69. The zero-order valence-corrected chi connectivity index (χ0v) is 23.6. The molecule has 3 rings (SSSR count). The summed E-state index contributed by atoms with van der Waals surface area (Å²) in [5.41, 5.74) is 4.40. The third-order valence-electron chi connectivity index (χ3n) is 8.82. The van der Waals surface area contributed by atoms with Gasteiger partial charge in [0, 0.05) is 6.42 Å². The van der Waals surface area contributed by atoms with Crippen LogP contribution >= 0.6 is 0 Å². The molecule has 0 saturated heterocycles. The van der Waals surface area contributed by atoms with E-state index in [-0.39, 0.29) is 30.2 Å². The maximum Gasteiger partial charge on any atom is 0.332 e. The van der Waals surface area contributed by atoms with E-state index in [0.29, 0.717) is 18.8 Å². The minimum absolute atomic E-state index is 0.00142. The lowest BCUT2D eigenvalue weighted by atomic mass is 9.63. The van der Waals surface area contributed by atoms with Crippen molar-refractivity contribution in [1.29, 1.82) is 0 Å². The predicted molar refractivity (Wildman–Crippen MR) is 149 cm³/mol. The maximum atomic E-state index is 12.6. The lowest BCUT2D eigenvalue weighted by molar-refractivity contribution is -0.156. The molecule has 2 N–H and O–H groups in total. The fourth-order valence-corrected chi connectivity index (χ4v) is 6.58. The Kier molecular flexibility index (Phi) is 11.2. The fraction of sp³-hybridized carbons (Fsp3) is 0.719. The van der Waals surface area contributed by atoms with Gasteiger partial charge in [-0.05, 0) is 79.9 Å². The highest BCUT2D eigenvalue weighted by Gasteiger charge is 2.46. The SMILES string of the molecule is C=C1/C(=C\C=C2/CCC[C@]3(C)C(C(C)OCC(=O)OC(CCCC)CCCC)=CC[C@@H]23)C[C@@H](O)C[C@@H]1O. The molecule has 0 bridgehead atoms. The van der Waals surface area contributed by atoms with Crippen LogP contribution in [0, 0.1) is 11.3 Å². The normalized spacial score (nSPS) is 31.1. The summed E-state index contributed by atoms with van der Waals surface area (Å²) in [4.78, 5) is 12.6. The van der Waals surface area contributed by atoms with Crippen LogP contribution in [0.2, 0.25) is 0 Å². The molecule has 0 aromatic heterocycles. The van der Waals surface area contributed by atoms with Crippen molar-refractivity contribution in [3.63, 3.8) is 0 Å². The Labute approximate surface area is 224 Å². The van der Waals surface area contributed by atoms with Crippen LogP contribution in [0.15, 0.2) is 47.1 Å². The van der Waals surface area contributed by atoms with E-state index in [9.17, 15) is 15.0 Å². The van der Waals surface area contributed by atoms with Gasteiger partial charge in [-0.25, -0.2) is 4.79 Å². The average molecular weight is 515 g/mol. The second-order valence-corrected chi connectivity index (χ2v) is 11.6. The van der Waals surface area contributed by atoms with Crippen LogP contribution < -0.4 is 0 Å². The summed E-state index contributed by atoms with van der Waals surface area (Å²) in [5, 5.41) is 20.3. The predicted octanol–water partition coefficient (Wildman–Crippen LogP) is 6.74. The Morgan fingerprint density at radius 2 is 1.92 bits per heavy atom. The summed E-state index contributed by atoms with van der Waals surface area (Å²) in [6, 6.07) is 0. The van der Waals surface area contributed by atoms with E-state index in [1.165, 1.54) is 11.1 Å². The van der Waals surface area contributed by atoms with Crippen LogP contribution in [0.4, 0.5) is 0 Å². The first-order valence-corrected chi connectivity index (χ1v) is 14.7. The Balaban J connectivity index is 1.60. The van der Waals surface area contributed by atoms with Crippen molar-refractivity contribution >= 4 is 5.97 Å². The van der Waals surface area contributed by atoms with E-state index < -0.39 is 12.2 Å². The number of carbonyl (C=O) groups excluding carboxylic acids is 1. The highest BCUT2D eigenvalue weighted by Crippen LogP contribution is 2.55. The molecule has 2 fully saturated rings. The maximum absolute atomic E-state index is 12.6. The fourth-order valence-electron chi connectivity index (χ4n) is 6.58. The van der Waals surface area contributed by atoms with Gasteiger partial charge in [0.05, 0.1) is 18.3 Å². The smallest absolute Gasteiger partial charge is 0.332 e. The molecule has 5 atom stereocenters. The molecule has 0 spiro atoms. The zero-order chi connectivity index (χ0) is 27.0. The summed E-state index contributed by atoms with van der Waals surface area (Å²) in [6.45, 7) is 12.8. The second kappa shape index (κ2) is 13.9. The Bertz CT molecular complexity index is 876. The van der Waals surface area contributed by atoms with Gasteiger partial charge < -0.3 is 19.7 Å². The first kappa shape index (κ1) is 29.9. The summed E-state index contributed by atoms with van der Waals surface area (Å²) in [7, 11) is 0. The van der Waals surface area contributed by atoms with Crippen molar-refractivity contribution in [2.75, 3.05) is 6.61 Å². The van der Waals surface area contributed by atoms with Crippen LogP contribution in [0.25, 0.3) is 0 Å². The van der Waals surface area contributed by atoms with Crippen molar-refractivity contribution in [2.45, 2.75) is 129 Å². The molecule has 0 radical (unpaired) electrons. The van der Waals surface area contributed by atoms with Gasteiger partial charge in [0.15, 0.2) is 0 Å².